The normalized spacial score (nSPS) is 11.5. The molecule has 0 bridgehead atoms. The lowest BCUT2D eigenvalue weighted by Gasteiger charge is -2.14. The van der Waals surface area contributed by atoms with Crippen LogP contribution in [0.1, 0.15) is 25.0 Å². The van der Waals surface area contributed by atoms with Crippen LogP contribution in [0.25, 0.3) is 27.7 Å². The summed E-state index contributed by atoms with van der Waals surface area (Å²) >= 11 is 0. The van der Waals surface area contributed by atoms with Gasteiger partial charge >= 0.3 is 0 Å². The number of aryl methyl sites for hydroxylation is 1. The lowest BCUT2D eigenvalue weighted by Crippen LogP contribution is -2.10. The zero-order valence-corrected chi connectivity index (χ0v) is 19.6. The van der Waals surface area contributed by atoms with E-state index in [1.807, 2.05) is 45.0 Å². The third-order valence-electron chi connectivity index (χ3n) is 5.62. The van der Waals surface area contributed by atoms with Gasteiger partial charge in [0.15, 0.2) is 0 Å². The maximum Gasteiger partial charge on any atom is 0.248 e. The van der Waals surface area contributed by atoms with Crippen molar-refractivity contribution in [2.45, 2.75) is 20.8 Å². The number of nitrogens with one attached hydrogen (secondary N) is 1. The number of anilines is 1. The molecule has 0 saturated carbocycles. The molecule has 0 aliphatic carbocycles. The molecule has 3 aromatic carbocycles. The zero-order chi connectivity index (χ0) is 24.2. The molecule has 0 radical (unpaired) electrons. The summed E-state index contributed by atoms with van der Waals surface area (Å²) in [5.41, 5.74) is 5.27. The highest BCUT2D eigenvalue weighted by Gasteiger charge is 2.19. The quantitative estimate of drug-likeness (QED) is 0.302. The van der Waals surface area contributed by atoms with Crippen LogP contribution in [0.5, 0.6) is 11.5 Å². The average molecular weight is 460 g/mol. The summed E-state index contributed by atoms with van der Waals surface area (Å²) < 4.78 is 30.6. The predicted octanol–water partition coefficient (Wildman–Crippen LogP) is 7.00. The van der Waals surface area contributed by atoms with E-state index in [1.54, 1.807) is 31.6 Å². The molecular weight excluding hydrogens is 433 g/mol. The van der Waals surface area contributed by atoms with Crippen molar-refractivity contribution in [1.29, 1.82) is 0 Å². The highest BCUT2D eigenvalue weighted by molar-refractivity contribution is 6.06. The van der Waals surface area contributed by atoms with E-state index in [-0.39, 0.29) is 11.7 Å². The van der Waals surface area contributed by atoms with Gasteiger partial charge in [0.25, 0.3) is 0 Å². The van der Waals surface area contributed by atoms with Gasteiger partial charge in [0, 0.05) is 28.2 Å². The first-order valence-electron chi connectivity index (χ1n) is 11.0. The molecule has 1 N–H and O–H groups in total. The fourth-order valence-electron chi connectivity index (χ4n) is 4.02. The average Bonchev–Trinajstić information content (AvgIpc) is 3.25. The number of carbonyl (C=O) groups excluding carboxylic acids is 1. The smallest absolute Gasteiger partial charge is 0.248 e. The predicted molar refractivity (Wildman–Crippen MR) is 133 cm³/mol. The van der Waals surface area contributed by atoms with Gasteiger partial charge in [-0.05, 0) is 62.2 Å². The van der Waals surface area contributed by atoms with Crippen molar-refractivity contribution in [2.75, 3.05) is 19.0 Å². The highest BCUT2D eigenvalue weighted by Crippen LogP contribution is 2.40. The van der Waals surface area contributed by atoms with Crippen LogP contribution in [0.15, 0.2) is 71.4 Å². The van der Waals surface area contributed by atoms with E-state index in [1.165, 1.54) is 18.2 Å². The zero-order valence-electron chi connectivity index (χ0n) is 19.6. The van der Waals surface area contributed by atoms with Crippen molar-refractivity contribution in [3.8, 4) is 22.6 Å². The number of rotatable bonds is 7. The van der Waals surface area contributed by atoms with E-state index in [0.717, 1.165) is 33.2 Å². The molecule has 0 spiro atoms. The number of halogens is 1. The molecule has 0 fully saturated rings. The Kier molecular flexibility index (Phi) is 6.68. The highest BCUT2D eigenvalue weighted by atomic mass is 19.1. The molecule has 4 rings (SSSR count). The second-order valence-electron chi connectivity index (χ2n) is 7.86. The Hall–Kier alpha value is -4.06. The Bertz CT molecular complexity index is 1370. The van der Waals surface area contributed by atoms with E-state index >= 15 is 0 Å². The molecule has 6 heteroatoms. The largest absolute Gasteiger partial charge is 0.496 e. The van der Waals surface area contributed by atoms with E-state index in [4.69, 9.17) is 13.9 Å². The summed E-state index contributed by atoms with van der Waals surface area (Å²) in [4.78, 5) is 12.8. The molecule has 1 aromatic heterocycles. The molecule has 1 amide bonds. The van der Waals surface area contributed by atoms with Crippen LogP contribution in [-0.2, 0) is 4.79 Å². The minimum atomic E-state index is -0.300. The second-order valence-corrected chi connectivity index (χ2v) is 7.86. The molecule has 34 heavy (non-hydrogen) atoms. The molecule has 4 aromatic rings. The summed E-state index contributed by atoms with van der Waals surface area (Å²) in [5, 5.41) is 3.74. The number of hydrogen-bond acceptors (Lipinski definition) is 4. The van der Waals surface area contributed by atoms with Crippen LogP contribution in [0.2, 0.25) is 0 Å². The van der Waals surface area contributed by atoms with E-state index in [0.29, 0.717) is 29.4 Å². The van der Waals surface area contributed by atoms with E-state index in [2.05, 4.69) is 5.32 Å². The molecular formula is C28H26FNO4. The maximum atomic E-state index is 13.4. The summed E-state index contributed by atoms with van der Waals surface area (Å²) in [6.45, 7) is 6.16. The van der Waals surface area contributed by atoms with Gasteiger partial charge < -0.3 is 19.2 Å². The number of para-hydroxylation sites is 2. The first kappa shape index (κ1) is 23.1. The fourth-order valence-corrected chi connectivity index (χ4v) is 4.02. The van der Waals surface area contributed by atoms with Gasteiger partial charge in [-0.1, -0.05) is 24.3 Å². The first-order valence-corrected chi connectivity index (χ1v) is 11.0. The number of ether oxygens (including phenoxy) is 2. The van der Waals surface area contributed by atoms with Crippen molar-refractivity contribution in [2.24, 2.45) is 0 Å². The van der Waals surface area contributed by atoms with Gasteiger partial charge in [0.2, 0.25) is 5.91 Å². The van der Waals surface area contributed by atoms with E-state index < -0.39 is 0 Å². The Morgan fingerprint density at radius 2 is 1.88 bits per heavy atom. The van der Waals surface area contributed by atoms with Crippen LogP contribution >= 0.6 is 0 Å². The standard InChI is InChI=1S/C28H26FNO4/c1-5-33-25-9-7-6-8-24(25)30-26(31)14-17(2)21-15-22-23(19-10-12-20(29)13-11-19)16-34-28(22)18(3)27(21)32-4/h6-16H,5H2,1-4H3,(H,30,31)/b17-14+. The SMILES string of the molecule is CCOc1ccccc1NC(=O)/C=C(\C)c1cc2c(-c3ccc(F)cc3)coc2c(C)c1OC. The molecule has 0 unspecified atom stereocenters. The Labute approximate surface area is 197 Å². The van der Waals surface area contributed by atoms with Gasteiger partial charge in [0.05, 0.1) is 25.7 Å². The Balaban J connectivity index is 1.74. The van der Waals surface area contributed by atoms with Crippen LogP contribution in [0, 0.1) is 12.7 Å². The minimum absolute atomic E-state index is 0.282. The van der Waals surface area contributed by atoms with Crippen molar-refractivity contribution in [3.63, 3.8) is 0 Å². The van der Waals surface area contributed by atoms with Crippen molar-refractivity contribution in [3.05, 3.63) is 83.9 Å². The second kappa shape index (κ2) is 9.83. The van der Waals surface area contributed by atoms with Gasteiger partial charge in [-0.3, -0.25) is 4.79 Å². The van der Waals surface area contributed by atoms with Gasteiger partial charge in [-0.15, -0.1) is 0 Å². The van der Waals surface area contributed by atoms with Gasteiger partial charge in [0.1, 0.15) is 22.9 Å². The van der Waals surface area contributed by atoms with Crippen LogP contribution in [-0.4, -0.2) is 19.6 Å². The Morgan fingerprint density at radius 1 is 1.15 bits per heavy atom. The first-order chi connectivity index (χ1) is 16.4. The molecule has 0 aliphatic rings. The molecule has 0 saturated heterocycles. The van der Waals surface area contributed by atoms with Gasteiger partial charge in [-0.25, -0.2) is 4.39 Å². The summed E-state index contributed by atoms with van der Waals surface area (Å²) in [6.07, 6.45) is 3.19. The lowest BCUT2D eigenvalue weighted by molar-refractivity contribution is -0.111. The fraction of sp³-hybridized carbons (Fsp3) is 0.179. The topological polar surface area (TPSA) is 60.7 Å². The minimum Gasteiger partial charge on any atom is -0.496 e. The van der Waals surface area contributed by atoms with Crippen LogP contribution in [0.3, 0.4) is 0 Å². The number of carbonyl (C=O) groups is 1. The number of allylic oxidation sites excluding steroid dienone is 1. The van der Waals surface area contributed by atoms with Crippen molar-refractivity contribution in [1.82, 2.24) is 0 Å². The molecule has 174 valence electrons. The summed E-state index contributed by atoms with van der Waals surface area (Å²) in [6, 6.07) is 15.5. The number of methoxy groups -OCH3 is 1. The van der Waals surface area contributed by atoms with Crippen molar-refractivity contribution < 1.29 is 23.1 Å². The number of hydrogen-bond donors (Lipinski definition) is 1. The van der Waals surface area contributed by atoms with Crippen LogP contribution < -0.4 is 14.8 Å². The van der Waals surface area contributed by atoms with E-state index in [9.17, 15) is 9.18 Å². The number of benzene rings is 3. The molecule has 5 nitrogen and oxygen atoms in total. The number of amides is 1. The molecule has 0 aliphatic heterocycles. The monoisotopic (exact) mass is 459 g/mol. The third kappa shape index (κ3) is 4.53. The summed E-state index contributed by atoms with van der Waals surface area (Å²) in [7, 11) is 1.59. The van der Waals surface area contributed by atoms with Gasteiger partial charge in [-0.2, -0.15) is 0 Å². The lowest BCUT2D eigenvalue weighted by atomic mass is 9.96. The molecule has 0 atom stereocenters. The third-order valence-corrected chi connectivity index (χ3v) is 5.62. The number of fused-ring (bicyclic) bond motifs is 1. The number of furan rings is 1. The Morgan fingerprint density at radius 3 is 2.59 bits per heavy atom. The maximum absolute atomic E-state index is 13.4. The van der Waals surface area contributed by atoms with Crippen LogP contribution in [0.4, 0.5) is 10.1 Å². The molecule has 1 heterocycles. The van der Waals surface area contributed by atoms with Crippen molar-refractivity contribution >= 4 is 28.1 Å². The summed E-state index contributed by atoms with van der Waals surface area (Å²) in [5.74, 6) is 0.659.